The Bertz CT molecular complexity index is 330. The van der Waals surface area contributed by atoms with Crippen molar-refractivity contribution < 1.29 is 5.11 Å². The van der Waals surface area contributed by atoms with Gasteiger partial charge < -0.3 is 0 Å². The van der Waals surface area contributed by atoms with Gasteiger partial charge in [-0.05, 0) is 36.0 Å². The minimum absolute atomic E-state index is 0.530. The van der Waals surface area contributed by atoms with E-state index in [4.69, 9.17) is 0 Å². The van der Waals surface area contributed by atoms with Crippen molar-refractivity contribution in [2.45, 2.75) is 65.4 Å². The van der Waals surface area contributed by atoms with Crippen LogP contribution in [0.4, 0.5) is 0 Å². The molecule has 0 spiro atoms. The van der Waals surface area contributed by atoms with Crippen LogP contribution in [-0.2, 0) is 17.9 Å². The molecule has 0 saturated heterocycles. The predicted molar refractivity (Wildman–Crippen MR) is 72.8 cm³/mol. The first-order valence-electron chi connectivity index (χ1n) is 7.00. The minimum atomic E-state index is -0.530. The molecule has 95 valence electrons. The highest BCUT2D eigenvalue weighted by molar-refractivity contribution is 5.34. The average molecular weight is 233 g/mol. The Hall–Kier alpha value is -0.820. The van der Waals surface area contributed by atoms with Crippen LogP contribution in [0.5, 0.6) is 0 Å². The van der Waals surface area contributed by atoms with Crippen molar-refractivity contribution in [1.29, 1.82) is 0 Å². The molecule has 1 unspecified atom stereocenters. The summed E-state index contributed by atoms with van der Waals surface area (Å²) in [6, 6.07) is 6.46. The summed E-state index contributed by atoms with van der Waals surface area (Å²) in [5.74, 6) is 0. The Kier molecular flexibility index (Phi) is 6.28. The van der Waals surface area contributed by atoms with Crippen molar-refractivity contribution in [2.75, 3.05) is 0 Å². The van der Waals surface area contributed by atoms with E-state index in [9.17, 15) is 5.11 Å². The lowest BCUT2D eigenvalue weighted by atomic mass is 9.93. The van der Waals surface area contributed by atoms with Crippen LogP contribution in [0.2, 0.25) is 0 Å². The van der Waals surface area contributed by atoms with Crippen LogP contribution in [0.15, 0.2) is 18.2 Å². The van der Waals surface area contributed by atoms with Crippen LogP contribution in [0.3, 0.4) is 0 Å². The highest BCUT2D eigenvalue weighted by Gasteiger charge is 2.13. The molecule has 0 fully saturated rings. The van der Waals surface area contributed by atoms with E-state index >= 15 is 0 Å². The molecule has 0 aliphatic rings. The van der Waals surface area contributed by atoms with Gasteiger partial charge in [-0.15, -0.1) is 0 Å². The van der Waals surface area contributed by atoms with Gasteiger partial charge in [0.05, 0.1) is 0 Å². The van der Waals surface area contributed by atoms with E-state index in [1.165, 1.54) is 17.5 Å². The molecule has 0 aliphatic heterocycles. The molecule has 17 heavy (non-hydrogen) atoms. The van der Waals surface area contributed by atoms with Gasteiger partial charge in [0.25, 0.3) is 0 Å². The summed E-state index contributed by atoms with van der Waals surface area (Å²) >= 11 is 0. The van der Waals surface area contributed by atoms with Gasteiger partial charge in [-0.3, -0.25) is 0 Å². The lowest BCUT2D eigenvalue weighted by molar-refractivity contribution is 0.0797. The summed E-state index contributed by atoms with van der Waals surface area (Å²) in [7, 11) is 0. The number of aryl methyl sites for hydroxylation is 2. The molecule has 0 heterocycles. The van der Waals surface area contributed by atoms with Gasteiger partial charge >= 0.3 is 0 Å². The van der Waals surface area contributed by atoms with Crippen LogP contribution >= 0.6 is 0 Å². The second kappa shape index (κ2) is 7.50. The van der Waals surface area contributed by atoms with Crippen molar-refractivity contribution in [3.8, 4) is 0 Å². The third-order valence-corrected chi connectivity index (χ3v) is 3.16. The van der Waals surface area contributed by atoms with Crippen molar-refractivity contribution in [1.82, 2.24) is 0 Å². The number of hydrogen-bond acceptors (Lipinski definition) is 0. The smallest absolute Gasteiger partial charge is 0.118 e. The Labute approximate surface area is 106 Å². The van der Waals surface area contributed by atoms with Gasteiger partial charge in [0.1, 0.15) is 6.10 Å². The standard InChI is InChI=1S/C16H25O/c1-4-7-13-10-11-15(16(17)9-6-3)14(12-13)8-5-2/h10-12,16H,4-9H2,1-3H3. The van der Waals surface area contributed by atoms with Crippen molar-refractivity contribution in [2.24, 2.45) is 0 Å². The molecule has 1 radical (unpaired) electrons. The normalized spacial score (nSPS) is 12.7. The van der Waals surface area contributed by atoms with E-state index in [1.54, 1.807) is 0 Å². The molecule has 0 amide bonds. The van der Waals surface area contributed by atoms with Crippen LogP contribution in [-0.4, -0.2) is 0 Å². The molecule has 0 saturated carbocycles. The van der Waals surface area contributed by atoms with E-state index in [2.05, 4.69) is 39.0 Å². The van der Waals surface area contributed by atoms with Gasteiger partial charge in [0.15, 0.2) is 0 Å². The maximum Gasteiger partial charge on any atom is 0.118 e. The highest BCUT2D eigenvalue weighted by Crippen LogP contribution is 2.25. The molecular weight excluding hydrogens is 208 g/mol. The fourth-order valence-corrected chi connectivity index (χ4v) is 2.32. The van der Waals surface area contributed by atoms with E-state index in [0.29, 0.717) is 0 Å². The van der Waals surface area contributed by atoms with Crippen molar-refractivity contribution in [3.63, 3.8) is 0 Å². The first kappa shape index (κ1) is 14.2. The topological polar surface area (TPSA) is 19.9 Å². The Morgan fingerprint density at radius 2 is 1.71 bits per heavy atom. The molecule has 1 aromatic carbocycles. The SMILES string of the molecule is CCCc1ccc(C([O])CCC)c(CCC)c1. The van der Waals surface area contributed by atoms with Crippen LogP contribution < -0.4 is 0 Å². The quantitative estimate of drug-likeness (QED) is 0.640. The molecule has 1 heteroatoms. The molecule has 1 atom stereocenters. The minimum Gasteiger partial charge on any atom is -0.228 e. The average Bonchev–Trinajstić information content (AvgIpc) is 2.30. The molecule has 0 aromatic heterocycles. The second-order valence-electron chi connectivity index (χ2n) is 4.81. The maximum atomic E-state index is 12.1. The Balaban J connectivity index is 2.94. The zero-order valence-corrected chi connectivity index (χ0v) is 11.5. The monoisotopic (exact) mass is 233 g/mol. The summed E-state index contributed by atoms with van der Waals surface area (Å²) in [6.45, 7) is 6.45. The summed E-state index contributed by atoms with van der Waals surface area (Å²) in [5, 5.41) is 12.1. The second-order valence-corrected chi connectivity index (χ2v) is 4.81. The highest BCUT2D eigenvalue weighted by atomic mass is 16.3. The molecule has 1 nitrogen and oxygen atoms in total. The van der Waals surface area contributed by atoms with E-state index in [-0.39, 0.29) is 0 Å². The molecule has 1 rings (SSSR count). The number of hydrogen-bond donors (Lipinski definition) is 0. The molecule has 1 aromatic rings. The van der Waals surface area contributed by atoms with Crippen LogP contribution in [0, 0.1) is 0 Å². The Morgan fingerprint density at radius 1 is 1.00 bits per heavy atom. The zero-order chi connectivity index (χ0) is 12.7. The van der Waals surface area contributed by atoms with Gasteiger partial charge in [0, 0.05) is 0 Å². The summed E-state index contributed by atoms with van der Waals surface area (Å²) in [6.07, 6.45) is 5.63. The fraction of sp³-hybridized carbons (Fsp3) is 0.625. The van der Waals surface area contributed by atoms with E-state index in [1.807, 2.05) is 0 Å². The van der Waals surface area contributed by atoms with Gasteiger partial charge in [0.2, 0.25) is 0 Å². The third kappa shape index (κ3) is 4.16. The van der Waals surface area contributed by atoms with Crippen LogP contribution in [0.25, 0.3) is 0 Å². The first-order chi connectivity index (χ1) is 8.22. The van der Waals surface area contributed by atoms with Gasteiger partial charge in [-0.2, -0.15) is 0 Å². The van der Waals surface area contributed by atoms with Gasteiger partial charge in [-0.1, -0.05) is 58.2 Å². The van der Waals surface area contributed by atoms with E-state index < -0.39 is 6.10 Å². The zero-order valence-electron chi connectivity index (χ0n) is 11.5. The lowest BCUT2D eigenvalue weighted by Gasteiger charge is -2.14. The summed E-state index contributed by atoms with van der Waals surface area (Å²) in [5.41, 5.74) is 3.70. The molecule has 0 N–H and O–H groups in total. The number of rotatable bonds is 7. The summed E-state index contributed by atoms with van der Waals surface area (Å²) in [4.78, 5) is 0. The van der Waals surface area contributed by atoms with Gasteiger partial charge in [-0.25, -0.2) is 5.11 Å². The largest absolute Gasteiger partial charge is 0.228 e. The first-order valence-corrected chi connectivity index (χ1v) is 7.00. The molecule has 0 bridgehead atoms. The lowest BCUT2D eigenvalue weighted by Crippen LogP contribution is -2.02. The van der Waals surface area contributed by atoms with Crippen LogP contribution in [0.1, 0.15) is 69.2 Å². The molecular formula is C16H25O. The fourth-order valence-electron chi connectivity index (χ4n) is 2.32. The maximum absolute atomic E-state index is 12.1. The summed E-state index contributed by atoms with van der Waals surface area (Å²) < 4.78 is 0. The van der Waals surface area contributed by atoms with Crippen molar-refractivity contribution in [3.05, 3.63) is 34.9 Å². The Morgan fingerprint density at radius 3 is 2.29 bits per heavy atom. The third-order valence-electron chi connectivity index (χ3n) is 3.16. The van der Waals surface area contributed by atoms with E-state index in [0.717, 1.165) is 37.7 Å². The number of benzene rings is 1. The van der Waals surface area contributed by atoms with Crippen molar-refractivity contribution >= 4 is 0 Å². The predicted octanol–water partition coefficient (Wildman–Crippen LogP) is 4.86. The molecule has 0 aliphatic carbocycles.